The fourth-order valence-electron chi connectivity index (χ4n) is 3.77. The molecule has 0 nitrogen and oxygen atoms in total. The highest BCUT2D eigenvalue weighted by Crippen LogP contribution is 2.24. The van der Waals surface area contributed by atoms with Gasteiger partial charge in [-0.1, -0.05) is 143 Å². The van der Waals surface area contributed by atoms with Gasteiger partial charge in [-0.25, -0.2) is 0 Å². The average molecular weight is 339 g/mol. The van der Waals surface area contributed by atoms with Gasteiger partial charge < -0.3 is 0 Å². The summed E-state index contributed by atoms with van der Waals surface area (Å²) in [5.41, 5.74) is 0. The molecule has 0 spiro atoms. The van der Waals surface area contributed by atoms with Gasteiger partial charge in [-0.15, -0.1) is 0 Å². The Kier molecular flexibility index (Phi) is 19.3. The SMILES string of the molecule is CCCCCCCCCCC(C)C(C)CCCCCCCCCC. The first kappa shape index (κ1) is 24.0. The summed E-state index contributed by atoms with van der Waals surface area (Å²) >= 11 is 0. The quantitative estimate of drug-likeness (QED) is 0.206. The molecule has 0 fully saturated rings. The first-order chi connectivity index (χ1) is 11.7. The highest BCUT2D eigenvalue weighted by atomic mass is 14.2. The van der Waals surface area contributed by atoms with E-state index in [-0.39, 0.29) is 0 Å². The molecule has 0 aromatic rings. The Morgan fingerprint density at radius 2 is 0.625 bits per heavy atom. The van der Waals surface area contributed by atoms with E-state index in [0.29, 0.717) is 0 Å². The number of hydrogen-bond donors (Lipinski definition) is 0. The Morgan fingerprint density at radius 1 is 0.375 bits per heavy atom. The average Bonchev–Trinajstić information content (AvgIpc) is 2.59. The smallest absolute Gasteiger partial charge is 0.0417 e. The van der Waals surface area contributed by atoms with Gasteiger partial charge in [-0.3, -0.25) is 0 Å². The minimum atomic E-state index is 0.939. The second kappa shape index (κ2) is 19.3. The Hall–Kier alpha value is 0. The van der Waals surface area contributed by atoms with E-state index in [0.717, 1.165) is 11.8 Å². The summed E-state index contributed by atoms with van der Waals surface area (Å²) in [5.74, 6) is 1.88. The molecule has 2 unspecified atom stereocenters. The molecule has 0 saturated heterocycles. The van der Waals surface area contributed by atoms with Gasteiger partial charge in [0.05, 0.1) is 0 Å². The van der Waals surface area contributed by atoms with Crippen molar-refractivity contribution < 1.29 is 0 Å². The van der Waals surface area contributed by atoms with Gasteiger partial charge >= 0.3 is 0 Å². The third kappa shape index (κ3) is 16.8. The maximum Gasteiger partial charge on any atom is -0.0417 e. The number of unbranched alkanes of at least 4 members (excludes halogenated alkanes) is 14. The normalized spacial score (nSPS) is 14.0. The van der Waals surface area contributed by atoms with Crippen molar-refractivity contribution in [1.29, 1.82) is 0 Å². The highest BCUT2D eigenvalue weighted by molar-refractivity contribution is 4.63. The summed E-state index contributed by atoms with van der Waals surface area (Å²) < 4.78 is 0. The largest absolute Gasteiger partial charge is 0.0654 e. The van der Waals surface area contributed by atoms with Crippen LogP contribution in [0.2, 0.25) is 0 Å². The first-order valence-electron chi connectivity index (χ1n) is 11.7. The van der Waals surface area contributed by atoms with Gasteiger partial charge in [0.1, 0.15) is 0 Å². The Balaban J connectivity index is 3.32. The summed E-state index contributed by atoms with van der Waals surface area (Å²) in [6, 6.07) is 0. The maximum atomic E-state index is 2.50. The van der Waals surface area contributed by atoms with Crippen LogP contribution in [0.4, 0.5) is 0 Å². The molecule has 2 atom stereocenters. The Morgan fingerprint density at radius 3 is 0.917 bits per heavy atom. The molecule has 0 heteroatoms. The fraction of sp³-hybridized carbons (Fsp3) is 1.00. The molecule has 0 aromatic heterocycles. The molecule has 0 rings (SSSR count). The van der Waals surface area contributed by atoms with Gasteiger partial charge in [0.2, 0.25) is 0 Å². The lowest BCUT2D eigenvalue weighted by Gasteiger charge is -2.19. The van der Waals surface area contributed by atoms with E-state index >= 15 is 0 Å². The van der Waals surface area contributed by atoms with E-state index < -0.39 is 0 Å². The van der Waals surface area contributed by atoms with Crippen molar-refractivity contribution in [3.63, 3.8) is 0 Å². The number of hydrogen-bond acceptors (Lipinski definition) is 0. The summed E-state index contributed by atoms with van der Waals surface area (Å²) in [4.78, 5) is 0. The zero-order chi connectivity index (χ0) is 17.9. The third-order valence-corrected chi connectivity index (χ3v) is 6.00. The Labute approximate surface area is 155 Å². The van der Waals surface area contributed by atoms with Gasteiger partial charge in [-0.05, 0) is 11.8 Å². The molecule has 0 aliphatic rings. The van der Waals surface area contributed by atoms with Gasteiger partial charge in [0, 0.05) is 0 Å². The van der Waals surface area contributed by atoms with Crippen molar-refractivity contribution in [3.8, 4) is 0 Å². The molecule has 0 radical (unpaired) electrons. The van der Waals surface area contributed by atoms with Crippen LogP contribution in [0.25, 0.3) is 0 Å². The molecule has 0 heterocycles. The molecule has 24 heavy (non-hydrogen) atoms. The van der Waals surface area contributed by atoms with Crippen LogP contribution in [0, 0.1) is 11.8 Å². The second-order valence-electron chi connectivity index (χ2n) is 8.48. The summed E-state index contributed by atoms with van der Waals surface area (Å²) in [6.07, 6.45) is 26.2. The summed E-state index contributed by atoms with van der Waals surface area (Å²) in [5, 5.41) is 0. The van der Waals surface area contributed by atoms with E-state index in [1.54, 1.807) is 0 Å². The van der Waals surface area contributed by atoms with Crippen LogP contribution in [0.1, 0.15) is 143 Å². The van der Waals surface area contributed by atoms with E-state index in [1.807, 2.05) is 0 Å². The lowest BCUT2D eigenvalue weighted by atomic mass is 9.86. The zero-order valence-corrected chi connectivity index (χ0v) is 17.9. The predicted molar refractivity (Wildman–Crippen MR) is 113 cm³/mol. The second-order valence-corrected chi connectivity index (χ2v) is 8.48. The third-order valence-electron chi connectivity index (χ3n) is 6.00. The van der Waals surface area contributed by atoms with Crippen molar-refractivity contribution in [3.05, 3.63) is 0 Å². The van der Waals surface area contributed by atoms with E-state index in [2.05, 4.69) is 27.7 Å². The topological polar surface area (TPSA) is 0 Å². The predicted octanol–water partition coefficient (Wildman–Crippen LogP) is 9.32. The lowest BCUT2D eigenvalue weighted by Crippen LogP contribution is -2.08. The monoisotopic (exact) mass is 338 g/mol. The van der Waals surface area contributed by atoms with Gasteiger partial charge in [0.15, 0.2) is 0 Å². The van der Waals surface area contributed by atoms with Crippen LogP contribution >= 0.6 is 0 Å². The molecule has 0 saturated carbocycles. The Bertz CT molecular complexity index is 196. The van der Waals surface area contributed by atoms with Crippen molar-refractivity contribution in [2.75, 3.05) is 0 Å². The molecule has 0 N–H and O–H groups in total. The zero-order valence-electron chi connectivity index (χ0n) is 17.9. The molecule has 0 aliphatic heterocycles. The van der Waals surface area contributed by atoms with Crippen LogP contribution in [0.3, 0.4) is 0 Å². The van der Waals surface area contributed by atoms with Crippen LogP contribution in [0.5, 0.6) is 0 Å². The molecular weight excluding hydrogens is 288 g/mol. The molecular formula is C24H50. The van der Waals surface area contributed by atoms with Crippen LogP contribution in [-0.2, 0) is 0 Å². The van der Waals surface area contributed by atoms with Crippen molar-refractivity contribution in [2.24, 2.45) is 11.8 Å². The van der Waals surface area contributed by atoms with Crippen LogP contribution in [0.15, 0.2) is 0 Å². The van der Waals surface area contributed by atoms with Crippen LogP contribution in [-0.4, -0.2) is 0 Å². The van der Waals surface area contributed by atoms with Gasteiger partial charge in [0.25, 0.3) is 0 Å². The minimum Gasteiger partial charge on any atom is -0.0654 e. The highest BCUT2D eigenvalue weighted by Gasteiger charge is 2.11. The summed E-state index contributed by atoms with van der Waals surface area (Å²) in [6.45, 7) is 9.60. The molecule has 0 bridgehead atoms. The minimum absolute atomic E-state index is 0.939. The van der Waals surface area contributed by atoms with E-state index in [9.17, 15) is 0 Å². The summed E-state index contributed by atoms with van der Waals surface area (Å²) in [7, 11) is 0. The molecule has 0 amide bonds. The molecule has 0 aromatic carbocycles. The number of rotatable bonds is 19. The van der Waals surface area contributed by atoms with E-state index in [4.69, 9.17) is 0 Å². The van der Waals surface area contributed by atoms with E-state index in [1.165, 1.54) is 116 Å². The van der Waals surface area contributed by atoms with Gasteiger partial charge in [-0.2, -0.15) is 0 Å². The van der Waals surface area contributed by atoms with Crippen molar-refractivity contribution >= 4 is 0 Å². The molecule has 146 valence electrons. The standard InChI is InChI=1S/C24H50/c1-5-7-9-11-13-15-17-19-21-23(3)24(4)22-20-18-16-14-12-10-8-6-2/h23-24H,5-22H2,1-4H3. The van der Waals surface area contributed by atoms with Crippen molar-refractivity contribution in [1.82, 2.24) is 0 Å². The van der Waals surface area contributed by atoms with Crippen molar-refractivity contribution in [2.45, 2.75) is 143 Å². The van der Waals surface area contributed by atoms with Crippen LogP contribution < -0.4 is 0 Å². The first-order valence-corrected chi connectivity index (χ1v) is 11.7. The fourth-order valence-corrected chi connectivity index (χ4v) is 3.77. The molecule has 0 aliphatic carbocycles. The maximum absolute atomic E-state index is 2.50. The lowest BCUT2D eigenvalue weighted by molar-refractivity contribution is 0.322.